The van der Waals surface area contributed by atoms with Gasteiger partial charge in [0.15, 0.2) is 5.78 Å². The number of carbonyl (C=O) groups is 2. The van der Waals surface area contributed by atoms with Gasteiger partial charge in [-0.1, -0.05) is 40.2 Å². The number of hydrogen-bond donors (Lipinski definition) is 3. The quantitative estimate of drug-likeness (QED) is 0.602. The maximum atomic E-state index is 12.1. The number of carbonyl (C=O) groups excluding carboxylic acids is 1. The van der Waals surface area contributed by atoms with Gasteiger partial charge in [0.2, 0.25) is 0 Å². The second kappa shape index (κ2) is 8.61. The number of nitrogens with one attached hydrogen (secondary N) is 1. The third-order valence-electron chi connectivity index (χ3n) is 3.58. The SMILES string of the molecule is O=C(CCN[C@H](Cc1ccc(O)cc1)C(=O)O)c1ccc(Br)cc1. The van der Waals surface area contributed by atoms with E-state index in [1.807, 2.05) is 0 Å². The van der Waals surface area contributed by atoms with Crippen LogP contribution in [0.5, 0.6) is 5.75 Å². The Kier molecular flexibility index (Phi) is 6.52. The monoisotopic (exact) mass is 391 g/mol. The van der Waals surface area contributed by atoms with E-state index in [4.69, 9.17) is 0 Å². The summed E-state index contributed by atoms with van der Waals surface area (Å²) in [6.45, 7) is 0.282. The number of phenols is 1. The third-order valence-corrected chi connectivity index (χ3v) is 4.11. The largest absolute Gasteiger partial charge is 0.508 e. The number of carboxylic acid groups (broad SMARTS) is 1. The lowest BCUT2D eigenvalue weighted by Gasteiger charge is -2.14. The molecule has 1 atom stereocenters. The number of rotatable bonds is 8. The van der Waals surface area contributed by atoms with Crippen molar-refractivity contribution in [1.29, 1.82) is 0 Å². The van der Waals surface area contributed by atoms with Crippen molar-refractivity contribution in [3.8, 4) is 5.75 Å². The van der Waals surface area contributed by atoms with Crippen molar-refractivity contribution in [2.45, 2.75) is 18.9 Å². The summed E-state index contributed by atoms with van der Waals surface area (Å²) in [5, 5.41) is 21.5. The number of halogens is 1. The highest BCUT2D eigenvalue weighted by molar-refractivity contribution is 9.10. The lowest BCUT2D eigenvalue weighted by Crippen LogP contribution is -2.39. The Labute approximate surface area is 148 Å². The summed E-state index contributed by atoms with van der Waals surface area (Å²) in [5.41, 5.74) is 1.40. The first-order chi connectivity index (χ1) is 11.5. The van der Waals surface area contributed by atoms with Gasteiger partial charge in [0, 0.05) is 23.0 Å². The zero-order chi connectivity index (χ0) is 17.5. The van der Waals surface area contributed by atoms with Crippen LogP contribution in [0.25, 0.3) is 0 Å². The Bertz CT molecular complexity index is 698. The Hall–Kier alpha value is -2.18. The molecular weight excluding hydrogens is 374 g/mol. The molecule has 0 spiro atoms. The molecule has 3 N–H and O–H groups in total. The van der Waals surface area contributed by atoms with Gasteiger partial charge in [-0.05, 0) is 36.2 Å². The minimum absolute atomic E-state index is 0.0382. The van der Waals surface area contributed by atoms with Gasteiger partial charge in [-0.2, -0.15) is 0 Å². The molecule has 0 heterocycles. The molecule has 2 rings (SSSR count). The highest BCUT2D eigenvalue weighted by atomic mass is 79.9. The number of hydrogen-bond acceptors (Lipinski definition) is 4. The van der Waals surface area contributed by atoms with E-state index < -0.39 is 12.0 Å². The molecule has 2 aromatic carbocycles. The summed E-state index contributed by atoms with van der Waals surface area (Å²) in [4.78, 5) is 23.4. The van der Waals surface area contributed by atoms with Crippen molar-refractivity contribution in [3.63, 3.8) is 0 Å². The van der Waals surface area contributed by atoms with Crippen LogP contribution in [0.2, 0.25) is 0 Å². The molecule has 0 aromatic heterocycles. The third kappa shape index (κ3) is 5.47. The zero-order valence-electron chi connectivity index (χ0n) is 12.9. The molecule has 0 unspecified atom stereocenters. The van der Waals surface area contributed by atoms with E-state index in [0.717, 1.165) is 10.0 Å². The van der Waals surface area contributed by atoms with Gasteiger partial charge in [0.05, 0.1) is 0 Å². The Balaban J connectivity index is 1.87. The van der Waals surface area contributed by atoms with Crippen LogP contribution in [0.3, 0.4) is 0 Å². The molecule has 126 valence electrons. The molecule has 0 aliphatic heterocycles. The lowest BCUT2D eigenvalue weighted by molar-refractivity contribution is -0.139. The van der Waals surface area contributed by atoms with Crippen LogP contribution < -0.4 is 5.32 Å². The number of aromatic hydroxyl groups is 1. The van der Waals surface area contributed by atoms with E-state index in [1.54, 1.807) is 36.4 Å². The molecule has 0 amide bonds. The summed E-state index contributed by atoms with van der Waals surface area (Å²) in [6, 6.07) is 12.7. The van der Waals surface area contributed by atoms with Gasteiger partial charge in [0.25, 0.3) is 0 Å². The number of ketones is 1. The van der Waals surface area contributed by atoms with Gasteiger partial charge in [-0.25, -0.2) is 0 Å². The van der Waals surface area contributed by atoms with Gasteiger partial charge in [-0.3, -0.25) is 9.59 Å². The molecule has 0 bridgehead atoms. The summed E-state index contributed by atoms with van der Waals surface area (Å²) < 4.78 is 0.900. The minimum atomic E-state index is -0.973. The van der Waals surface area contributed by atoms with Gasteiger partial charge in [-0.15, -0.1) is 0 Å². The van der Waals surface area contributed by atoms with Gasteiger partial charge < -0.3 is 15.5 Å². The predicted molar refractivity (Wildman–Crippen MR) is 94.3 cm³/mol. The van der Waals surface area contributed by atoms with E-state index in [1.165, 1.54) is 12.1 Å². The maximum Gasteiger partial charge on any atom is 0.321 e. The van der Waals surface area contributed by atoms with E-state index in [9.17, 15) is 19.8 Å². The molecule has 0 aliphatic rings. The average molecular weight is 392 g/mol. The summed E-state index contributed by atoms with van der Waals surface area (Å²) >= 11 is 3.31. The molecule has 0 radical (unpaired) electrons. The van der Waals surface area contributed by atoms with Crippen LogP contribution in [0, 0.1) is 0 Å². The fraction of sp³-hybridized carbons (Fsp3) is 0.222. The molecule has 2 aromatic rings. The Morgan fingerprint density at radius 1 is 1.04 bits per heavy atom. The highest BCUT2D eigenvalue weighted by Crippen LogP contribution is 2.13. The van der Waals surface area contributed by atoms with E-state index in [-0.39, 0.29) is 30.9 Å². The first kappa shape index (κ1) is 18.2. The normalized spacial score (nSPS) is 11.9. The second-order valence-corrected chi connectivity index (χ2v) is 6.31. The number of aliphatic carboxylic acids is 1. The van der Waals surface area contributed by atoms with Crippen molar-refractivity contribution >= 4 is 27.7 Å². The lowest BCUT2D eigenvalue weighted by atomic mass is 10.0. The highest BCUT2D eigenvalue weighted by Gasteiger charge is 2.18. The van der Waals surface area contributed by atoms with Crippen molar-refractivity contribution in [3.05, 3.63) is 64.1 Å². The molecule has 5 nitrogen and oxygen atoms in total. The van der Waals surface area contributed by atoms with Crippen LogP contribution in [0.4, 0.5) is 0 Å². The fourth-order valence-corrected chi connectivity index (χ4v) is 2.52. The maximum absolute atomic E-state index is 12.1. The molecule has 0 saturated heterocycles. The number of carboxylic acids is 1. The molecular formula is C18H18BrNO4. The zero-order valence-corrected chi connectivity index (χ0v) is 14.5. The molecule has 6 heteroatoms. The van der Waals surface area contributed by atoms with Crippen molar-refractivity contribution in [2.75, 3.05) is 6.54 Å². The second-order valence-electron chi connectivity index (χ2n) is 5.40. The molecule has 0 aliphatic carbocycles. The Morgan fingerprint density at radius 3 is 2.25 bits per heavy atom. The Morgan fingerprint density at radius 2 is 1.67 bits per heavy atom. The number of Topliss-reactive ketones (excluding diaryl/α,β-unsaturated/α-hetero) is 1. The van der Waals surface area contributed by atoms with E-state index >= 15 is 0 Å². The fourth-order valence-electron chi connectivity index (χ4n) is 2.25. The van der Waals surface area contributed by atoms with E-state index in [0.29, 0.717) is 5.56 Å². The van der Waals surface area contributed by atoms with Crippen molar-refractivity contribution in [1.82, 2.24) is 5.32 Å². The summed E-state index contributed by atoms with van der Waals surface area (Å²) in [7, 11) is 0. The standard InChI is InChI=1S/C18H18BrNO4/c19-14-5-3-13(4-6-14)17(22)9-10-20-16(18(23)24)11-12-1-7-15(21)8-2-12/h1-8,16,20-21H,9-11H2,(H,23,24)/t16-/m1/s1. The smallest absolute Gasteiger partial charge is 0.321 e. The average Bonchev–Trinajstić information content (AvgIpc) is 2.56. The van der Waals surface area contributed by atoms with Crippen molar-refractivity contribution < 1.29 is 19.8 Å². The first-order valence-electron chi connectivity index (χ1n) is 7.48. The van der Waals surface area contributed by atoms with Gasteiger partial charge in [0.1, 0.15) is 11.8 Å². The predicted octanol–water partition coefficient (Wildman–Crippen LogP) is 3.01. The topological polar surface area (TPSA) is 86.6 Å². The number of phenolic OH excluding ortho intramolecular Hbond substituents is 1. The minimum Gasteiger partial charge on any atom is -0.508 e. The van der Waals surface area contributed by atoms with E-state index in [2.05, 4.69) is 21.2 Å². The number of benzene rings is 2. The first-order valence-corrected chi connectivity index (χ1v) is 8.28. The van der Waals surface area contributed by atoms with Crippen LogP contribution in [0.1, 0.15) is 22.3 Å². The van der Waals surface area contributed by atoms with Gasteiger partial charge >= 0.3 is 5.97 Å². The molecule has 0 saturated carbocycles. The molecule has 24 heavy (non-hydrogen) atoms. The van der Waals surface area contributed by atoms with Crippen LogP contribution in [0.15, 0.2) is 53.0 Å². The van der Waals surface area contributed by atoms with Crippen LogP contribution in [-0.4, -0.2) is 34.6 Å². The van der Waals surface area contributed by atoms with Crippen LogP contribution >= 0.6 is 15.9 Å². The van der Waals surface area contributed by atoms with Crippen LogP contribution in [-0.2, 0) is 11.2 Å². The van der Waals surface area contributed by atoms with Crippen molar-refractivity contribution in [2.24, 2.45) is 0 Å². The summed E-state index contributed by atoms with van der Waals surface area (Å²) in [5.74, 6) is -0.874. The molecule has 0 fully saturated rings. The summed E-state index contributed by atoms with van der Waals surface area (Å²) in [6.07, 6.45) is 0.503.